The second kappa shape index (κ2) is 7.49. The number of rotatable bonds is 1. The number of aromatic amines is 1. The Labute approximate surface area is 136 Å². The van der Waals surface area contributed by atoms with E-state index in [1.165, 1.54) is 12.3 Å². The van der Waals surface area contributed by atoms with Crippen molar-refractivity contribution < 1.29 is 8.42 Å². The molecular weight excluding hydrogens is 440 g/mol. The predicted molar refractivity (Wildman–Crippen MR) is 84.3 cm³/mol. The molecule has 0 atom stereocenters. The zero-order chi connectivity index (χ0) is 14.5. The van der Waals surface area contributed by atoms with Gasteiger partial charge in [-0.25, -0.2) is 13.4 Å². The molecule has 0 saturated heterocycles. The van der Waals surface area contributed by atoms with E-state index in [-0.39, 0.29) is 5.03 Å². The van der Waals surface area contributed by atoms with Crippen LogP contribution in [0.4, 0.5) is 0 Å². The van der Waals surface area contributed by atoms with Crippen LogP contribution in [0.1, 0.15) is 0 Å². The van der Waals surface area contributed by atoms with Crippen LogP contribution in [0, 0.1) is 4.64 Å². The highest BCUT2D eigenvalue weighted by Gasteiger charge is 2.09. The minimum absolute atomic E-state index is 0.137. The van der Waals surface area contributed by atoms with Gasteiger partial charge in [-0.05, 0) is 56.1 Å². The smallest absolute Gasteiger partial charge is 0.278 e. The van der Waals surface area contributed by atoms with Gasteiger partial charge in [-0.1, -0.05) is 12.2 Å². The third kappa shape index (κ3) is 6.62. The third-order valence-electron chi connectivity index (χ3n) is 1.70. The zero-order valence-corrected chi connectivity index (χ0v) is 14.7. The van der Waals surface area contributed by atoms with Gasteiger partial charge < -0.3 is 4.98 Å². The van der Waals surface area contributed by atoms with Crippen LogP contribution in [-0.4, -0.2) is 18.4 Å². The molecule has 0 spiro atoms. The number of aromatic nitrogens is 2. The first-order valence-corrected chi connectivity index (χ1v) is 9.00. The van der Waals surface area contributed by atoms with Crippen molar-refractivity contribution in [2.45, 2.75) is 5.03 Å². The van der Waals surface area contributed by atoms with Crippen LogP contribution >= 0.6 is 54.8 Å². The highest BCUT2D eigenvalue weighted by Crippen LogP contribution is 2.14. The molecule has 2 aromatic heterocycles. The van der Waals surface area contributed by atoms with Crippen molar-refractivity contribution in [3.63, 3.8) is 0 Å². The third-order valence-corrected chi connectivity index (χ3v) is 4.13. The van der Waals surface area contributed by atoms with Crippen molar-refractivity contribution in [3.8, 4) is 0 Å². The second-order valence-corrected chi connectivity index (χ2v) is 7.91. The molecular formula is C10H7Br2ClN2O2S2. The first-order chi connectivity index (χ1) is 8.79. The predicted octanol–water partition coefficient (Wildman–Crippen LogP) is 4.28. The van der Waals surface area contributed by atoms with E-state index in [4.69, 9.17) is 22.9 Å². The van der Waals surface area contributed by atoms with E-state index >= 15 is 0 Å². The lowest BCUT2D eigenvalue weighted by atomic mass is 10.5. The molecule has 0 aliphatic rings. The summed E-state index contributed by atoms with van der Waals surface area (Å²) in [7, 11) is 1.33. The van der Waals surface area contributed by atoms with Crippen LogP contribution in [0.2, 0.25) is 0 Å². The molecule has 2 rings (SSSR count). The molecule has 1 N–H and O–H groups in total. The van der Waals surface area contributed by atoms with Crippen LogP contribution in [0.5, 0.6) is 0 Å². The van der Waals surface area contributed by atoms with E-state index in [0.29, 0.717) is 4.47 Å². The highest BCUT2D eigenvalue weighted by molar-refractivity contribution is 9.10. The molecule has 0 radical (unpaired) electrons. The summed E-state index contributed by atoms with van der Waals surface area (Å²) < 4.78 is 23.8. The first-order valence-electron chi connectivity index (χ1n) is 4.69. The summed E-state index contributed by atoms with van der Waals surface area (Å²) in [5.74, 6) is 0. The lowest BCUT2D eigenvalue weighted by molar-refractivity contribution is 0.606. The largest absolute Gasteiger partial charge is 0.352 e. The molecule has 0 aromatic carbocycles. The summed E-state index contributed by atoms with van der Waals surface area (Å²) in [6.45, 7) is 0. The Morgan fingerprint density at radius 3 is 2.16 bits per heavy atom. The van der Waals surface area contributed by atoms with Gasteiger partial charge in [0.05, 0.1) is 0 Å². The van der Waals surface area contributed by atoms with Gasteiger partial charge in [0, 0.05) is 32.0 Å². The van der Waals surface area contributed by atoms with Gasteiger partial charge in [-0.3, -0.25) is 0 Å². The zero-order valence-electron chi connectivity index (χ0n) is 9.18. The molecule has 0 bridgehead atoms. The van der Waals surface area contributed by atoms with Crippen molar-refractivity contribution in [1.29, 1.82) is 0 Å². The van der Waals surface area contributed by atoms with Gasteiger partial charge in [0.15, 0.2) is 5.03 Å². The molecule has 9 heteroatoms. The van der Waals surface area contributed by atoms with Gasteiger partial charge in [-0.2, -0.15) is 0 Å². The summed E-state index contributed by atoms with van der Waals surface area (Å²) in [5, 5.41) is -0.137. The molecule has 0 aliphatic carbocycles. The minimum atomic E-state index is -3.68. The van der Waals surface area contributed by atoms with Crippen molar-refractivity contribution in [2.75, 3.05) is 0 Å². The van der Waals surface area contributed by atoms with E-state index in [1.807, 2.05) is 18.3 Å². The second-order valence-electron chi connectivity index (χ2n) is 3.12. The number of hydrogen-bond donors (Lipinski definition) is 1. The fourth-order valence-corrected chi connectivity index (χ4v) is 2.19. The molecule has 0 amide bonds. The molecule has 0 fully saturated rings. The topological polar surface area (TPSA) is 62.8 Å². The summed E-state index contributed by atoms with van der Waals surface area (Å²) >= 11 is 11.2. The normalized spacial score (nSPS) is 10.5. The molecule has 0 aliphatic heterocycles. The van der Waals surface area contributed by atoms with Gasteiger partial charge in [0.25, 0.3) is 9.05 Å². The number of halogens is 3. The number of H-pyrrole nitrogens is 1. The van der Waals surface area contributed by atoms with Gasteiger partial charge in [-0.15, -0.1) is 0 Å². The Morgan fingerprint density at radius 2 is 1.79 bits per heavy atom. The van der Waals surface area contributed by atoms with Crippen molar-refractivity contribution >= 4 is 63.8 Å². The number of nitrogens with zero attached hydrogens (tertiary/aromatic N) is 1. The minimum Gasteiger partial charge on any atom is -0.352 e. The lowest BCUT2D eigenvalue weighted by Gasteiger charge is -1.92. The quantitative estimate of drug-likeness (QED) is 0.525. The standard InChI is InChI=1S/C5H3BrClNO2S.C5H4BrNS/c6-4-1-2-5(8-3-4)11(7,9)10;6-4-1-2-5(8)7-3-4/h1-3H;1-3H,(H,7,8). The van der Waals surface area contributed by atoms with Crippen LogP contribution in [0.15, 0.2) is 50.6 Å². The van der Waals surface area contributed by atoms with Crippen LogP contribution in [0.25, 0.3) is 0 Å². The average Bonchev–Trinajstić information content (AvgIpc) is 2.33. The van der Waals surface area contributed by atoms with E-state index in [0.717, 1.165) is 9.11 Å². The summed E-state index contributed by atoms with van der Waals surface area (Å²) in [4.78, 5) is 6.45. The summed E-state index contributed by atoms with van der Waals surface area (Å²) in [6.07, 6.45) is 3.18. The average molecular weight is 447 g/mol. The fourth-order valence-electron chi connectivity index (χ4n) is 0.898. The number of pyridine rings is 2. The van der Waals surface area contributed by atoms with Gasteiger partial charge >= 0.3 is 0 Å². The monoisotopic (exact) mass is 444 g/mol. The van der Waals surface area contributed by atoms with Gasteiger partial charge in [0.2, 0.25) is 0 Å². The summed E-state index contributed by atoms with van der Waals surface area (Å²) in [6, 6.07) is 6.62. The Balaban J connectivity index is 0.000000200. The number of hydrogen-bond acceptors (Lipinski definition) is 4. The Morgan fingerprint density at radius 1 is 1.16 bits per heavy atom. The highest BCUT2D eigenvalue weighted by atomic mass is 79.9. The maximum Gasteiger partial charge on any atom is 0.278 e. The molecule has 0 unspecified atom stereocenters. The SMILES string of the molecule is O=S(=O)(Cl)c1ccc(Br)cn1.S=c1ccc(Br)c[nH]1. The van der Waals surface area contributed by atoms with Gasteiger partial charge in [0.1, 0.15) is 4.64 Å². The Bertz CT molecular complexity index is 682. The first kappa shape index (κ1) is 16.8. The summed E-state index contributed by atoms with van der Waals surface area (Å²) in [5.41, 5.74) is 0. The van der Waals surface area contributed by atoms with Crippen molar-refractivity contribution in [3.05, 3.63) is 50.2 Å². The van der Waals surface area contributed by atoms with Crippen molar-refractivity contribution in [2.24, 2.45) is 0 Å². The maximum atomic E-state index is 10.6. The Kier molecular flexibility index (Phi) is 6.61. The van der Waals surface area contributed by atoms with Crippen molar-refractivity contribution in [1.82, 2.24) is 9.97 Å². The fraction of sp³-hybridized carbons (Fsp3) is 0. The van der Waals surface area contributed by atoms with Crippen LogP contribution in [-0.2, 0) is 9.05 Å². The molecule has 19 heavy (non-hydrogen) atoms. The van der Waals surface area contributed by atoms with E-state index < -0.39 is 9.05 Å². The molecule has 2 aromatic rings. The van der Waals surface area contributed by atoms with E-state index in [2.05, 4.69) is 41.8 Å². The number of nitrogens with one attached hydrogen (secondary N) is 1. The van der Waals surface area contributed by atoms with Crippen LogP contribution in [0.3, 0.4) is 0 Å². The van der Waals surface area contributed by atoms with E-state index in [1.54, 1.807) is 6.07 Å². The molecule has 2 heterocycles. The molecule has 102 valence electrons. The molecule has 0 saturated carbocycles. The van der Waals surface area contributed by atoms with E-state index in [9.17, 15) is 8.42 Å². The maximum absolute atomic E-state index is 10.6. The van der Waals surface area contributed by atoms with Crippen LogP contribution < -0.4 is 0 Å². The lowest BCUT2D eigenvalue weighted by Crippen LogP contribution is -1.93. The molecule has 4 nitrogen and oxygen atoms in total. The Hall–Kier alpha value is -0.280.